The van der Waals surface area contributed by atoms with Crippen LogP contribution in [0.4, 0.5) is 0 Å². The van der Waals surface area contributed by atoms with Gasteiger partial charge in [0.25, 0.3) is 0 Å². The van der Waals surface area contributed by atoms with E-state index in [2.05, 4.69) is 48.6 Å². The molecule has 1 saturated carbocycles. The molecule has 94 valence electrons. The molecular formula is C15H18N2O. The van der Waals surface area contributed by atoms with Gasteiger partial charge in [-0.3, -0.25) is 4.79 Å². The van der Waals surface area contributed by atoms with E-state index in [1.165, 1.54) is 5.56 Å². The maximum absolute atomic E-state index is 11.4. The third-order valence-electron chi connectivity index (χ3n) is 3.66. The third-order valence-corrected chi connectivity index (χ3v) is 3.66. The maximum Gasteiger partial charge on any atom is 0.243 e. The molecule has 1 aliphatic heterocycles. The van der Waals surface area contributed by atoms with Crippen LogP contribution in [0, 0.1) is 17.8 Å². The Balaban J connectivity index is 1.79. The number of nitrogens with zero attached hydrogens (tertiary/aromatic N) is 1. The Hall–Kier alpha value is -1.64. The molecule has 1 heterocycles. The molecule has 3 rings (SSSR count). The van der Waals surface area contributed by atoms with Crippen LogP contribution in [-0.4, -0.2) is 11.6 Å². The minimum absolute atomic E-state index is 0.0835. The van der Waals surface area contributed by atoms with Crippen LogP contribution < -0.4 is 5.43 Å². The Morgan fingerprint density at radius 2 is 2.00 bits per heavy atom. The summed E-state index contributed by atoms with van der Waals surface area (Å²) in [6.45, 7) is 4.45. The molecule has 3 heteroatoms. The van der Waals surface area contributed by atoms with E-state index >= 15 is 0 Å². The van der Waals surface area contributed by atoms with Crippen LogP contribution in [0.15, 0.2) is 29.4 Å². The fourth-order valence-corrected chi connectivity index (χ4v) is 2.63. The van der Waals surface area contributed by atoms with E-state index in [9.17, 15) is 4.79 Å². The van der Waals surface area contributed by atoms with Gasteiger partial charge in [0.2, 0.25) is 5.91 Å². The summed E-state index contributed by atoms with van der Waals surface area (Å²) in [5.74, 6) is 1.29. The summed E-state index contributed by atoms with van der Waals surface area (Å²) in [7, 11) is 0. The molecule has 0 saturated heterocycles. The molecule has 0 unspecified atom stereocenters. The first-order valence-corrected chi connectivity index (χ1v) is 6.62. The van der Waals surface area contributed by atoms with Gasteiger partial charge >= 0.3 is 0 Å². The molecule has 0 aromatic heterocycles. The number of carbonyl (C=O) groups is 1. The van der Waals surface area contributed by atoms with Crippen molar-refractivity contribution in [3.05, 3.63) is 35.4 Å². The van der Waals surface area contributed by atoms with E-state index < -0.39 is 0 Å². The number of carbonyl (C=O) groups excluding carboxylic acids is 1. The predicted molar refractivity (Wildman–Crippen MR) is 71.3 cm³/mol. The Labute approximate surface area is 107 Å². The van der Waals surface area contributed by atoms with Gasteiger partial charge in [-0.2, -0.15) is 5.10 Å². The van der Waals surface area contributed by atoms with E-state index in [1.807, 2.05) is 0 Å². The van der Waals surface area contributed by atoms with Gasteiger partial charge in [0, 0.05) is 11.8 Å². The van der Waals surface area contributed by atoms with Crippen LogP contribution >= 0.6 is 0 Å². The van der Waals surface area contributed by atoms with Gasteiger partial charge < -0.3 is 0 Å². The van der Waals surface area contributed by atoms with Gasteiger partial charge in [0.15, 0.2) is 0 Å². The molecule has 0 radical (unpaired) electrons. The summed E-state index contributed by atoms with van der Waals surface area (Å²) in [6, 6.07) is 8.60. The molecule has 18 heavy (non-hydrogen) atoms. The SMILES string of the molecule is CC(C)Cc1ccc(C2=NNC(=O)[C@H]3C[C@@H]23)cc1. The zero-order valence-corrected chi connectivity index (χ0v) is 10.8. The van der Waals surface area contributed by atoms with Crippen LogP contribution in [0.3, 0.4) is 0 Å². The van der Waals surface area contributed by atoms with E-state index in [-0.39, 0.29) is 11.8 Å². The average molecular weight is 242 g/mol. The van der Waals surface area contributed by atoms with E-state index in [0.29, 0.717) is 11.8 Å². The molecule has 1 fully saturated rings. The van der Waals surface area contributed by atoms with Gasteiger partial charge in [-0.15, -0.1) is 0 Å². The molecule has 2 atom stereocenters. The van der Waals surface area contributed by atoms with Crippen LogP contribution in [-0.2, 0) is 11.2 Å². The molecule has 1 aromatic carbocycles. The number of nitrogens with one attached hydrogen (secondary N) is 1. The molecule has 1 N–H and O–H groups in total. The van der Waals surface area contributed by atoms with Crippen molar-refractivity contribution in [2.45, 2.75) is 26.7 Å². The lowest BCUT2D eigenvalue weighted by Crippen LogP contribution is -2.28. The van der Waals surface area contributed by atoms with Crippen molar-refractivity contribution in [1.29, 1.82) is 0 Å². The Morgan fingerprint density at radius 3 is 2.67 bits per heavy atom. The molecule has 3 nitrogen and oxygen atoms in total. The number of fused-ring (bicyclic) bond motifs is 1. The normalized spacial score (nSPS) is 25.5. The van der Waals surface area contributed by atoms with Crippen molar-refractivity contribution in [2.24, 2.45) is 22.9 Å². The second kappa shape index (κ2) is 4.23. The van der Waals surface area contributed by atoms with Crippen LogP contribution in [0.2, 0.25) is 0 Å². The van der Waals surface area contributed by atoms with Gasteiger partial charge in [-0.05, 0) is 29.9 Å². The standard InChI is InChI=1S/C15H18N2O/c1-9(2)7-10-3-5-11(6-4-10)14-12-8-13(12)15(18)17-16-14/h3-6,9,12-13H,7-8H2,1-2H3,(H,17,18)/t12-,13+/m1/s1. The van der Waals surface area contributed by atoms with Crippen LogP contribution in [0.25, 0.3) is 0 Å². The minimum atomic E-state index is 0.0835. The van der Waals surface area contributed by atoms with Gasteiger partial charge in [-0.25, -0.2) is 5.43 Å². The van der Waals surface area contributed by atoms with Crippen molar-refractivity contribution < 1.29 is 4.79 Å². The number of benzene rings is 1. The number of rotatable bonds is 3. The number of hydrazone groups is 1. The first kappa shape index (κ1) is 11.5. The highest BCUT2D eigenvalue weighted by Crippen LogP contribution is 2.43. The van der Waals surface area contributed by atoms with Crippen LogP contribution in [0.1, 0.15) is 31.4 Å². The third kappa shape index (κ3) is 2.05. The van der Waals surface area contributed by atoms with Gasteiger partial charge in [0.05, 0.1) is 5.71 Å². The molecular weight excluding hydrogens is 224 g/mol. The zero-order chi connectivity index (χ0) is 12.7. The summed E-state index contributed by atoms with van der Waals surface area (Å²) in [6.07, 6.45) is 2.06. The zero-order valence-electron chi connectivity index (χ0n) is 10.8. The minimum Gasteiger partial charge on any atom is -0.273 e. The molecule has 1 aromatic rings. The summed E-state index contributed by atoms with van der Waals surface area (Å²) >= 11 is 0. The topological polar surface area (TPSA) is 41.5 Å². The molecule has 0 bridgehead atoms. The molecule has 1 aliphatic carbocycles. The van der Waals surface area contributed by atoms with E-state index in [1.54, 1.807) is 0 Å². The molecule has 1 amide bonds. The second-order valence-electron chi connectivity index (χ2n) is 5.72. The highest BCUT2D eigenvalue weighted by Gasteiger charge is 2.49. The number of hydrogen-bond donors (Lipinski definition) is 1. The maximum atomic E-state index is 11.4. The average Bonchev–Trinajstić information content (AvgIpc) is 3.11. The molecule has 0 spiro atoms. The summed E-state index contributed by atoms with van der Waals surface area (Å²) in [4.78, 5) is 11.4. The van der Waals surface area contributed by atoms with Gasteiger partial charge in [-0.1, -0.05) is 38.1 Å². The first-order valence-electron chi connectivity index (χ1n) is 6.62. The second-order valence-corrected chi connectivity index (χ2v) is 5.72. The molecule has 2 aliphatic rings. The highest BCUT2D eigenvalue weighted by atomic mass is 16.2. The Morgan fingerprint density at radius 1 is 1.28 bits per heavy atom. The monoisotopic (exact) mass is 242 g/mol. The number of hydrogen-bond acceptors (Lipinski definition) is 2. The predicted octanol–water partition coefficient (Wildman–Crippen LogP) is 2.36. The first-order chi connectivity index (χ1) is 8.65. The fourth-order valence-electron chi connectivity index (χ4n) is 2.63. The van der Waals surface area contributed by atoms with Crippen molar-refractivity contribution in [3.63, 3.8) is 0 Å². The van der Waals surface area contributed by atoms with Crippen LogP contribution in [0.5, 0.6) is 0 Å². The van der Waals surface area contributed by atoms with Crippen molar-refractivity contribution in [2.75, 3.05) is 0 Å². The van der Waals surface area contributed by atoms with Crippen molar-refractivity contribution in [3.8, 4) is 0 Å². The Kier molecular flexibility index (Phi) is 2.69. The van der Waals surface area contributed by atoms with E-state index in [4.69, 9.17) is 0 Å². The lowest BCUT2D eigenvalue weighted by Gasteiger charge is -2.12. The highest BCUT2D eigenvalue weighted by molar-refractivity contribution is 6.09. The Bertz CT molecular complexity index is 502. The quantitative estimate of drug-likeness (QED) is 0.868. The van der Waals surface area contributed by atoms with E-state index in [0.717, 1.165) is 24.1 Å². The van der Waals surface area contributed by atoms with Crippen molar-refractivity contribution in [1.82, 2.24) is 5.43 Å². The van der Waals surface area contributed by atoms with Gasteiger partial charge in [0.1, 0.15) is 0 Å². The summed E-state index contributed by atoms with van der Waals surface area (Å²) in [5, 5.41) is 4.21. The summed E-state index contributed by atoms with van der Waals surface area (Å²) in [5.41, 5.74) is 6.18. The fraction of sp³-hybridized carbons (Fsp3) is 0.467. The summed E-state index contributed by atoms with van der Waals surface area (Å²) < 4.78 is 0. The smallest absolute Gasteiger partial charge is 0.243 e. The lowest BCUT2D eigenvalue weighted by molar-refractivity contribution is -0.122. The lowest BCUT2D eigenvalue weighted by atomic mass is 9.98. The van der Waals surface area contributed by atoms with Crippen molar-refractivity contribution >= 4 is 11.6 Å². The largest absolute Gasteiger partial charge is 0.273 e. The number of amides is 1.